The standard InChI is InChI=1S/C25H25F4N3O2/c26-18-6-1-3-15(9-18)13-31-22-12-23(34)21(14-33)20(22)11-19-7-8-30-24(32-19)16-4-2-5-17(10-16)25(27,28)29/h1-10,20-23,31,33-34H,11-14H2/t20-,21-,22-,23-/m1/s1. The van der Waals surface area contributed by atoms with Gasteiger partial charge in [-0.15, -0.1) is 0 Å². The van der Waals surface area contributed by atoms with Crippen molar-refractivity contribution in [2.75, 3.05) is 6.61 Å². The van der Waals surface area contributed by atoms with Gasteiger partial charge in [0.05, 0.1) is 11.7 Å². The molecule has 34 heavy (non-hydrogen) atoms. The first-order valence-electron chi connectivity index (χ1n) is 11.0. The normalized spacial score (nSPS) is 22.8. The van der Waals surface area contributed by atoms with Crippen LogP contribution in [0, 0.1) is 17.7 Å². The van der Waals surface area contributed by atoms with E-state index >= 15 is 0 Å². The molecule has 0 aliphatic heterocycles. The Morgan fingerprint density at radius 1 is 1.03 bits per heavy atom. The van der Waals surface area contributed by atoms with Gasteiger partial charge in [-0.1, -0.05) is 24.3 Å². The predicted molar refractivity (Wildman–Crippen MR) is 118 cm³/mol. The number of nitrogens with zero attached hydrogens (tertiary/aromatic N) is 2. The van der Waals surface area contributed by atoms with Gasteiger partial charge in [-0.3, -0.25) is 0 Å². The highest BCUT2D eigenvalue weighted by Crippen LogP contribution is 2.35. The number of hydrogen-bond donors (Lipinski definition) is 3. The molecule has 1 aliphatic carbocycles. The Bertz CT molecular complexity index is 1130. The Morgan fingerprint density at radius 2 is 1.82 bits per heavy atom. The van der Waals surface area contributed by atoms with E-state index in [-0.39, 0.29) is 35.8 Å². The molecule has 3 aromatic rings. The second-order valence-electron chi connectivity index (χ2n) is 8.58. The molecule has 3 N–H and O–H groups in total. The minimum absolute atomic E-state index is 0.164. The van der Waals surface area contributed by atoms with Crippen LogP contribution in [0.5, 0.6) is 0 Å². The van der Waals surface area contributed by atoms with Crippen LogP contribution in [0.3, 0.4) is 0 Å². The zero-order valence-corrected chi connectivity index (χ0v) is 18.2. The van der Waals surface area contributed by atoms with Crippen LogP contribution in [-0.2, 0) is 19.1 Å². The maximum absolute atomic E-state index is 13.5. The third-order valence-corrected chi connectivity index (χ3v) is 6.33. The van der Waals surface area contributed by atoms with Crippen molar-refractivity contribution in [1.82, 2.24) is 15.3 Å². The van der Waals surface area contributed by atoms with Crippen molar-refractivity contribution < 1.29 is 27.8 Å². The first-order valence-corrected chi connectivity index (χ1v) is 11.0. The quantitative estimate of drug-likeness (QED) is 0.451. The Kier molecular flexibility index (Phi) is 7.25. The molecule has 0 spiro atoms. The Balaban J connectivity index is 1.53. The summed E-state index contributed by atoms with van der Waals surface area (Å²) in [6.45, 7) is 0.179. The number of aromatic nitrogens is 2. The highest BCUT2D eigenvalue weighted by molar-refractivity contribution is 5.56. The number of hydrogen-bond acceptors (Lipinski definition) is 5. The summed E-state index contributed by atoms with van der Waals surface area (Å²) < 4.78 is 52.8. The summed E-state index contributed by atoms with van der Waals surface area (Å²) in [7, 11) is 0. The van der Waals surface area contributed by atoms with Crippen LogP contribution in [0.15, 0.2) is 60.8 Å². The summed E-state index contributed by atoms with van der Waals surface area (Å²) >= 11 is 0. The first-order chi connectivity index (χ1) is 16.2. The van der Waals surface area contributed by atoms with Crippen LogP contribution in [0.4, 0.5) is 17.6 Å². The van der Waals surface area contributed by atoms with Gasteiger partial charge in [-0.2, -0.15) is 13.2 Å². The zero-order valence-electron chi connectivity index (χ0n) is 18.2. The fourth-order valence-electron chi connectivity index (χ4n) is 4.60. The van der Waals surface area contributed by atoms with Crippen LogP contribution < -0.4 is 5.32 Å². The largest absolute Gasteiger partial charge is 0.416 e. The molecule has 2 aromatic carbocycles. The lowest BCUT2D eigenvalue weighted by molar-refractivity contribution is -0.137. The van der Waals surface area contributed by atoms with Crippen molar-refractivity contribution >= 4 is 0 Å². The number of halogens is 4. The van der Waals surface area contributed by atoms with Crippen LogP contribution in [0.1, 0.15) is 23.2 Å². The lowest BCUT2D eigenvalue weighted by Gasteiger charge is -2.25. The van der Waals surface area contributed by atoms with Gasteiger partial charge in [-0.05, 0) is 54.7 Å². The highest BCUT2D eigenvalue weighted by Gasteiger charge is 2.42. The zero-order chi connectivity index (χ0) is 24.3. The third kappa shape index (κ3) is 5.60. The fourth-order valence-corrected chi connectivity index (χ4v) is 4.60. The molecule has 0 saturated heterocycles. The number of nitrogens with one attached hydrogen (secondary N) is 1. The second kappa shape index (κ2) is 10.2. The topological polar surface area (TPSA) is 78.3 Å². The summed E-state index contributed by atoms with van der Waals surface area (Å²) in [6, 6.07) is 12.6. The van der Waals surface area contributed by atoms with E-state index in [1.165, 1.54) is 30.5 Å². The van der Waals surface area contributed by atoms with Crippen LogP contribution >= 0.6 is 0 Å². The average molecular weight is 475 g/mol. The van der Waals surface area contributed by atoms with Gasteiger partial charge in [0.1, 0.15) is 5.82 Å². The SMILES string of the molecule is OC[C@@H]1[C@@H](Cc2ccnc(-c3cccc(C(F)(F)F)c3)n2)[C@H](NCc2cccc(F)c2)C[C@H]1O. The molecule has 4 rings (SSSR count). The van der Waals surface area contributed by atoms with Crippen molar-refractivity contribution in [3.05, 3.63) is 83.4 Å². The number of benzene rings is 2. The average Bonchev–Trinajstić information content (AvgIpc) is 3.11. The molecule has 0 unspecified atom stereocenters. The van der Waals surface area contributed by atoms with Crippen molar-refractivity contribution in [2.24, 2.45) is 11.8 Å². The molecule has 5 nitrogen and oxygen atoms in total. The van der Waals surface area contributed by atoms with E-state index in [4.69, 9.17) is 0 Å². The van der Waals surface area contributed by atoms with E-state index in [1.807, 2.05) is 0 Å². The van der Waals surface area contributed by atoms with Crippen molar-refractivity contribution in [3.63, 3.8) is 0 Å². The minimum atomic E-state index is -4.47. The molecule has 0 radical (unpaired) electrons. The molecule has 180 valence electrons. The van der Waals surface area contributed by atoms with Gasteiger partial charge in [-0.25, -0.2) is 14.4 Å². The molecule has 1 fully saturated rings. The summed E-state index contributed by atoms with van der Waals surface area (Å²) in [4.78, 5) is 8.61. The molecule has 1 saturated carbocycles. The van der Waals surface area contributed by atoms with Gasteiger partial charge in [0.15, 0.2) is 5.82 Å². The summed E-state index contributed by atoms with van der Waals surface area (Å²) in [5.74, 6) is -0.736. The molecular weight excluding hydrogens is 450 g/mol. The predicted octanol–water partition coefficient (Wildman–Crippen LogP) is 3.99. The first kappa shape index (κ1) is 24.3. The third-order valence-electron chi connectivity index (χ3n) is 6.33. The lowest BCUT2D eigenvalue weighted by Crippen LogP contribution is -2.36. The van der Waals surface area contributed by atoms with Gasteiger partial charge < -0.3 is 15.5 Å². The van der Waals surface area contributed by atoms with Crippen molar-refractivity contribution in [1.29, 1.82) is 0 Å². The smallest absolute Gasteiger partial charge is 0.396 e. The summed E-state index contributed by atoms with van der Waals surface area (Å²) in [5.41, 5.74) is 0.828. The summed E-state index contributed by atoms with van der Waals surface area (Å²) in [5, 5.41) is 23.7. The van der Waals surface area contributed by atoms with E-state index in [0.717, 1.165) is 17.7 Å². The number of aliphatic hydroxyl groups excluding tert-OH is 2. The molecule has 4 atom stereocenters. The fraction of sp³-hybridized carbons (Fsp3) is 0.360. The number of alkyl halides is 3. The molecule has 9 heteroatoms. The van der Waals surface area contributed by atoms with Crippen LogP contribution in [-0.4, -0.2) is 38.9 Å². The molecule has 1 aliphatic rings. The Labute approximate surface area is 194 Å². The van der Waals surface area contributed by atoms with Crippen molar-refractivity contribution in [3.8, 4) is 11.4 Å². The minimum Gasteiger partial charge on any atom is -0.396 e. The van der Waals surface area contributed by atoms with Crippen molar-refractivity contribution in [2.45, 2.75) is 37.7 Å². The Morgan fingerprint density at radius 3 is 2.56 bits per heavy atom. The highest BCUT2D eigenvalue weighted by atomic mass is 19.4. The Hall–Kier alpha value is -2.88. The van der Waals surface area contributed by atoms with E-state index < -0.39 is 23.8 Å². The van der Waals surface area contributed by atoms with E-state index in [1.54, 1.807) is 18.2 Å². The van der Waals surface area contributed by atoms with Gasteiger partial charge in [0.25, 0.3) is 0 Å². The van der Waals surface area contributed by atoms with E-state index in [9.17, 15) is 27.8 Å². The lowest BCUT2D eigenvalue weighted by atomic mass is 9.88. The summed E-state index contributed by atoms with van der Waals surface area (Å²) in [6.07, 6.45) is -2.90. The molecule has 1 heterocycles. The maximum atomic E-state index is 13.5. The van der Waals surface area contributed by atoms with Crippen LogP contribution in [0.25, 0.3) is 11.4 Å². The maximum Gasteiger partial charge on any atom is 0.416 e. The second-order valence-corrected chi connectivity index (χ2v) is 8.58. The molecule has 0 bridgehead atoms. The molecule has 0 amide bonds. The monoisotopic (exact) mass is 475 g/mol. The van der Waals surface area contributed by atoms with E-state index in [0.29, 0.717) is 25.1 Å². The number of rotatable bonds is 7. The molecule has 1 aromatic heterocycles. The van der Waals surface area contributed by atoms with Gasteiger partial charge in [0, 0.05) is 42.6 Å². The number of aliphatic hydroxyl groups is 2. The van der Waals surface area contributed by atoms with Crippen LogP contribution in [0.2, 0.25) is 0 Å². The van der Waals surface area contributed by atoms with Gasteiger partial charge in [0.2, 0.25) is 0 Å². The van der Waals surface area contributed by atoms with Gasteiger partial charge >= 0.3 is 6.18 Å². The van der Waals surface area contributed by atoms with E-state index in [2.05, 4.69) is 15.3 Å². The molecular formula is C25H25F4N3O2.